The number of nitrogens with one attached hydrogen (secondary N) is 3. The SMILES string of the molecule is Cc1[nH]c2ccc(CNC(=O)[C@H]3CCN[C@@H](C)C3)cc2c1C. The first-order valence-electron chi connectivity index (χ1n) is 8.13. The van der Waals surface area contributed by atoms with Gasteiger partial charge in [0, 0.05) is 35.1 Å². The van der Waals surface area contributed by atoms with Crippen molar-refractivity contribution in [1.29, 1.82) is 0 Å². The third-order valence-corrected chi connectivity index (χ3v) is 4.83. The van der Waals surface area contributed by atoms with Crippen LogP contribution in [0.25, 0.3) is 10.9 Å². The first-order valence-corrected chi connectivity index (χ1v) is 8.13. The highest BCUT2D eigenvalue weighted by Crippen LogP contribution is 2.22. The summed E-state index contributed by atoms with van der Waals surface area (Å²) in [5.41, 5.74) is 4.82. The van der Waals surface area contributed by atoms with Gasteiger partial charge in [0.2, 0.25) is 5.91 Å². The minimum atomic E-state index is 0.149. The highest BCUT2D eigenvalue weighted by atomic mass is 16.1. The van der Waals surface area contributed by atoms with E-state index in [1.807, 2.05) is 0 Å². The van der Waals surface area contributed by atoms with E-state index in [2.05, 4.69) is 54.6 Å². The molecule has 1 amide bonds. The number of aryl methyl sites for hydroxylation is 2. The first kappa shape index (κ1) is 15.1. The maximum Gasteiger partial charge on any atom is 0.223 e. The maximum atomic E-state index is 12.3. The molecule has 4 heteroatoms. The summed E-state index contributed by atoms with van der Waals surface area (Å²) < 4.78 is 0. The summed E-state index contributed by atoms with van der Waals surface area (Å²) >= 11 is 0. The number of carbonyl (C=O) groups excluding carboxylic acids is 1. The molecule has 2 atom stereocenters. The van der Waals surface area contributed by atoms with E-state index < -0.39 is 0 Å². The summed E-state index contributed by atoms with van der Waals surface area (Å²) in [6, 6.07) is 6.80. The van der Waals surface area contributed by atoms with E-state index in [1.165, 1.54) is 16.6 Å². The molecule has 3 rings (SSSR count). The number of aromatic nitrogens is 1. The summed E-state index contributed by atoms with van der Waals surface area (Å²) in [4.78, 5) is 15.7. The van der Waals surface area contributed by atoms with E-state index in [9.17, 15) is 4.79 Å². The second-order valence-corrected chi connectivity index (χ2v) is 6.55. The Morgan fingerprint density at radius 1 is 1.36 bits per heavy atom. The van der Waals surface area contributed by atoms with Gasteiger partial charge in [-0.3, -0.25) is 4.79 Å². The van der Waals surface area contributed by atoms with Gasteiger partial charge in [-0.25, -0.2) is 0 Å². The zero-order valence-electron chi connectivity index (χ0n) is 13.6. The van der Waals surface area contributed by atoms with Crippen LogP contribution in [0.1, 0.15) is 36.6 Å². The molecular weight excluding hydrogens is 274 g/mol. The molecule has 4 nitrogen and oxygen atoms in total. The molecule has 0 saturated carbocycles. The number of aromatic amines is 1. The highest BCUT2D eigenvalue weighted by molar-refractivity contribution is 5.85. The normalized spacial score (nSPS) is 22.0. The Balaban J connectivity index is 1.66. The molecule has 0 radical (unpaired) electrons. The van der Waals surface area contributed by atoms with Gasteiger partial charge in [-0.15, -0.1) is 0 Å². The van der Waals surface area contributed by atoms with E-state index >= 15 is 0 Å². The third kappa shape index (κ3) is 3.02. The Hall–Kier alpha value is -1.81. The number of piperidine rings is 1. The number of carbonyl (C=O) groups is 1. The predicted molar refractivity (Wildman–Crippen MR) is 89.8 cm³/mol. The van der Waals surface area contributed by atoms with Crippen LogP contribution >= 0.6 is 0 Å². The van der Waals surface area contributed by atoms with Crippen LogP contribution in [0.2, 0.25) is 0 Å². The van der Waals surface area contributed by atoms with Crippen LogP contribution in [-0.4, -0.2) is 23.5 Å². The predicted octanol–water partition coefficient (Wildman–Crippen LogP) is 2.79. The molecule has 3 N–H and O–H groups in total. The number of amides is 1. The number of H-pyrrole nitrogens is 1. The fraction of sp³-hybridized carbons (Fsp3) is 0.500. The second-order valence-electron chi connectivity index (χ2n) is 6.55. The summed E-state index contributed by atoms with van der Waals surface area (Å²) in [6.45, 7) is 7.91. The van der Waals surface area contributed by atoms with Gasteiger partial charge in [0.05, 0.1) is 0 Å². The van der Waals surface area contributed by atoms with E-state index in [-0.39, 0.29) is 11.8 Å². The van der Waals surface area contributed by atoms with Gasteiger partial charge >= 0.3 is 0 Å². The zero-order valence-corrected chi connectivity index (χ0v) is 13.6. The minimum Gasteiger partial charge on any atom is -0.358 e. The van der Waals surface area contributed by atoms with Crippen molar-refractivity contribution >= 4 is 16.8 Å². The molecule has 22 heavy (non-hydrogen) atoms. The van der Waals surface area contributed by atoms with Crippen molar-refractivity contribution in [3.63, 3.8) is 0 Å². The van der Waals surface area contributed by atoms with Crippen LogP contribution in [0.3, 0.4) is 0 Å². The van der Waals surface area contributed by atoms with E-state index in [1.54, 1.807) is 0 Å². The Labute approximate surface area is 131 Å². The van der Waals surface area contributed by atoms with Gasteiger partial charge < -0.3 is 15.6 Å². The van der Waals surface area contributed by atoms with Crippen LogP contribution < -0.4 is 10.6 Å². The maximum absolute atomic E-state index is 12.3. The second kappa shape index (κ2) is 6.13. The van der Waals surface area contributed by atoms with Crippen molar-refractivity contribution in [2.75, 3.05) is 6.54 Å². The van der Waals surface area contributed by atoms with Crippen LogP contribution in [0.15, 0.2) is 18.2 Å². The minimum absolute atomic E-state index is 0.149. The summed E-state index contributed by atoms with van der Waals surface area (Å²) in [5.74, 6) is 0.339. The average molecular weight is 299 g/mol. The van der Waals surface area contributed by atoms with Gasteiger partial charge in [-0.2, -0.15) is 0 Å². The molecule has 1 aromatic heterocycles. The quantitative estimate of drug-likeness (QED) is 0.816. The smallest absolute Gasteiger partial charge is 0.223 e. The number of benzene rings is 1. The van der Waals surface area contributed by atoms with Crippen LogP contribution in [-0.2, 0) is 11.3 Å². The lowest BCUT2D eigenvalue weighted by atomic mass is 9.92. The van der Waals surface area contributed by atoms with Gasteiger partial charge in [0.25, 0.3) is 0 Å². The van der Waals surface area contributed by atoms with Crippen molar-refractivity contribution < 1.29 is 4.79 Å². The van der Waals surface area contributed by atoms with Crippen LogP contribution in [0.5, 0.6) is 0 Å². The standard InChI is InChI=1S/C18H25N3O/c1-11-8-15(6-7-19-11)18(22)20-10-14-4-5-17-16(9-14)12(2)13(3)21-17/h4-5,9,11,15,19,21H,6-8,10H2,1-3H3,(H,20,22)/t11-,15-/m0/s1. The summed E-state index contributed by atoms with van der Waals surface area (Å²) in [6.07, 6.45) is 1.87. The summed E-state index contributed by atoms with van der Waals surface area (Å²) in [5, 5.41) is 7.74. The molecule has 118 valence electrons. The summed E-state index contributed by atoms with van der Waals surface area (Å²) in [7, 11) is 0. The number of hydrogen-bond donors (Lipinski definition) is 3. The highest BCUT2D eigenvalue weighted by Gasteiger charge is 2.24. The van der Waals surface area contributed by atoms with E-state index in [0.717, 1.165) is 30.5 Å². The van der Waals surface area contributed by atoms with Gasteiger partial charge in [-0.05, 0) is 63.4 Å². The van der Waals surface area contributed by atoms with Gasteiger partial charge in [0.15, 0.2) is 0 Å². The Morgan fingerprint density at radius 2 is 2.18 bits per heavy atom. The zero-order chi connectivity index (χ0) is 15.7. The van der Waals surface area contributed by atoms with E-state index in [0.29, 0.717) is 12.6 Å². The molecular formula is C18H25N3O. The molecule has 1 fully saturated rings. The van der Waals surface area contributed by atoms with Crippen molar-refractivity contribution in [2.24, 2.45) is 5.92 Å². The molecule has 2 aromatic rings. The monoisotopic (exact) mass is 299 g/mol. The fourth-order valence-electron chi connectivity index (χ4n) is 3.32. The fourth-order valence-corrected chi connectivity index (χ4v) is 3.32. The molecule has 1 aliphatic heterocycles. The number of fused-ring (bicyclic) bond motifs is 1. The van der Waals surface area contributed by atoms with Crippen LogP contribution in [0, 0.1) is 19.8 Å². The molecule has 1 aliphatic rings. The molecule has 1 saturated heterocycles. The van der Waals surface area contributed by atoms with Gasteiger partial charge in [-0.1, -0.05) is 6.07 Å². The molecule has 2 heterocycles. The number of rotatable bonds is 3. The molecule has 0 unspecified atom stereocenters. The molecule has 1 aromatic carbocycles. The lowest BCUT2D eigenvalue weighted by Crippen LogP contribution is -2.42. The van der Waals surface area contributed by atoms with Crippen molar-refractivity contribution in [3.8, 4) is 0 Å². The van der Waals surface area contributed by atoms with Crippen molar-refractivity contribution in [1.82, 2.24) is 15.6 Å². The lowest BCUT2D eigenvalue weighted by Gasteiger charge is -2.27. The largest absolute Gasteiger partial charge is 0.358 e. The third-order valence-electron chi connectivity index (χ3n) is 4.83. The Kier molecular flexibility index (Phi) is 4.21. The van der Waals surface area contributed by atoms with E-state index in [4.69, 9.17) is 0 Å². The number of hydrogen-bond acceptors (Lipinski definition) is 2. The van der Waals surface area contributed by atoms with Crippen molar-refractivity contribution in [2.45, 2.75) is 46.2 Å². The topological polar surface area (TPSA) is 56.9 Å². The molecule has 0 spiro atoms. The van der Waals surface area contributed by atoms with Gasteiger partial charge in [0.1, 0.15) is 0 Å². The Bertz CT molecular complexity index is 689. The Morgan fingerprint density at radius 3 is 2.95 bits per heavy atom. The molecule has 0 bridgehead atoms. The first-order chi connectivity index (χ1) is 10.5. The van der Waals surface area contributed by atoms with Crippen LogP contribution in [0.4, 0.5) is 0 Å². The average Bonchev–Trinajstić information content (AvgIpc) is 2.80. The molecule has 0 aliphatic carbocycles. The lowest BCUT2D eigenvalue weighted by molar-refractivity contribution is -0.126. The van der Waals surface area contributed by atoms with Crippen molar-refractivity contribution in [3.05, 3.63) is 35.0 Å².